The summed E-state index contributed by atoms with van der Waals surface area (Å²) in [5.74, 6) is 0.617. The first-order valence-electron chi connectivity index (χ1n) is 5.76. The van der Waals surface area contributed by atoms with Crippen molar-refractivity contribution >= 4 is 17.3 Å². The molecule has 0 saturated heterocycles. The quantitative estimate of drug-likeness (QED) is 0.897. The molecule has 1 heterocycles. The highest BCUT2D eigenvalue weighted by Gasteiger charge is 1.97. The minimum absolute atomic E-state index is 0.617. The second-order valence-electron chi connectivity index (χ2n) is 3.89. The molecule has 3 nitrogen and oxygen atoms in total. The van der Waals surface area contributed by atoms with Crippen LogP contribution in [0, 0.1) is 0 Å². The minimum Gasteiger partial charge on any atom is -0.481 e. The van der Waals surface area contributed by atoms with E-state index in [2.05, 4.69) is 10.3 Å². The highest BCUT2D eigenvalue weighted by Crippen LogP contribution is 2.14. The molecule has 1 aromatic heterocycles. The Morgan fingerprint density at radius 3 is 2.72 bits per heavy atom. The fourth-order valence-corrected chi connectivity index (χ4v) is 1.76. The number of ether oxygens (including phenoxy) is 1. The van der Waals surface area contributed by atoms with Crippen LogP contribution >= 0.6 is 11.6 Å². The number of hydrogen-bond donors (Lipinski definition) is 1. The van der Waals surface area contributed by atoms with Crippen molar-refractivity contribution in [1.82, 2.24) is 4.98 Å². The number of anilines is 1. The number of aromatic nitrogens is 1. The summed E-state index contributed by atoms with van der Waals surface area (Å²) in [6.45, 7) is 0.856. The Labute approximate surface area is 112 Å². The lowest BCUT2D eigenvalue weighted by molar-refractivity contribution is 0.398. The SMILES string of the molecule is COc1cc(NCCc2ccc(Cl)cc2)ccn1. The molecule has 0 spiro atoms. The van der Waals surface area contributed by atoms with Gasteiger partial charge in [0.15, 0.2) is 0 Å². The number of pyridine rings is 1. The summed E-state index contributed by atoms with van der Waals surface area (Å²) in [5, 5.41) is 4.10. The number of rotatable bonds is 5. The van der Waals surface area contributed by atoms with Gasteiger partial charge in [0.25, 0.3) is 0 Å². The molecule has 0 aliphatic carbocycles. The van der Waals surface area contributed by atoms with Crippen molar-refractivity contribution in [3.63, 3.8) is 0 Å². The largest absolute Gasteiger partial charge is 0.481 e. The molecule has 4 heteroatoms. The maximum absolute atomic E-state index is 5.84. The molecule has 0 unspecified atom stereocenters. The third-order valence-corrected chi connectivity index (χ3v) is 2.85. The second kappa shape index (κ2) is 6.26. The fourth-order valence-electron chi connectivity index (χ4n) is 1.63. The van der Waals surface area contributed by atoms with E-state index in [0.717, 1.165) is 23.7 Å². The lowest BCUT2D eigenvalue weighted by atomic mass is 10.1. The van der Waals surface area contributed by atoms with Crippen molar-refractivity contribution in [2.45, 2.75) is 6.42 Å². The van der Waals surface area contributed by atoms with Crippen LogP contribution in [-0.4, -0.2) is 18.6 Å². The topological polar surface area (TPSA) is 34.1 Å². The molecule has 0 amide bonds. The maximum Gasteiger partial charge on any atom is 0.214 e. The molecule has 2 rings (SSSR count). The van der Waals surface area contributed by atoms with E-state index < -0.39 is 0 Å². The summed E-state index contributed by atoms with van der Waals surface area (Å²) in [5.41, 5.74) is 2.27. The Morgan fingerprint density at radius 2 is 2.00 bits per heavy atom. The van der Waals surface area contributed by atoms with E-state index in [1.165, 1.54) is 5.56 Å². The summed E-state index contributed by atoms with van der Waals surface area (Å²) in [7, 11) is 1.61. The van der Waals surface area contributed by atoms with Gasteiger partial charge in [-0.25, -0.2) is 4.98 Å². The summed E-state index contributed by atoms with van der Waals surface area (Å²) < 4.78 is 5.07. The third kappa shape index (κ3) is 3.64. The zero-order chi connectivity index (χ0) is 12.8. The zero-order valence-electron chi connectivity index (χ0n) is 10.2. The first kappa shape index (κ1) is 12.7. The Hall–Kier alpha value is -1.74. The van der Waals surface area contributed by atoms with Crippen LogP contribution < -0.4 is 10.1 Å². The van der Waals surface area contributed by atoms with Crippen LogP contribution in [0.15, 0.2) is 42.6 Å². The van der Waals surface area contributed by atoms with Crippen LogP contribution in [0.3, 0.4) is 0 Å². The molecule has 0 aliphatic rings. The van der Waals surface area contributed by atoms with Gasteiger partial charge in [-0.2, -0.15) is 0 Å². The van der Waals surface area contributed by atoms with Gasteiger partial charge in [0.2, 0.25) is 5.88 Å². The lowest BCUT2D eigenvalue weighted by Gasteiger charge is -2.07. The normalized spacial score (nSPS) is 10.1. The molecular weight excluding hydrogens is 248 g/mol. The Balaban J connectivity index is 1.86. The van der Waals surface area contributed by atoms with Gasteiger partial charge < -0.3 is 10.1 Å². The van der Waals surface area contributed by atoms with Crippen molar-refractivity contribution in [3.05, 3.63) is 53.2 Å². The molecule has 1 aromatic carbocycles. The monoisotopic (exact) mass is 262 g/mol. The number of halogens is 1. The minimum atomic E-state index is 0.617. The van der Waals surface area contributed by atoms with Gasteiger partial charge in [-0.3, -0.25) is 0 Å². The Bertz CT molecular complexity index is 499. The van der Waals surface area contributed by atoms with Crippen molar-refractivity contribution in [2.75, 3.05) is 19.0 Å². The predicted molar refractivity (Wildman–Crippen MR) is 74.4 cm³/mol. The van der Waals surface area contributed by atoms with Crippen LogP contribution in [-0.2, 0) is 6.42 Å². The van der Waals surface area contributed by atoms with Crippen LogP contribution in [0.5, 0.6) is 5.88 Å². The molecule has 0 atom stereocenters. The zero-order valence-corrected chi connectivity index (χ0v) is 10.9. The molecule has 0 saturated carbocycles. The summed E-state index contributed by atoms with van der Waals surface area (Å²) in [4.78, 5) is 4.06. The lowest BCUT2D eigenvalue weighted by Crippen LogP contribution is -2.05. The van der Waals surface area contributed by atoms with Gasteiger partial charge in [-0.15, -0.1) is 0 Å². The molecule has 1 N–H and O–H groups in total. The highest BCUT2D eigenvalue weighted by atomic mass is 35.5. The molecule has 0 aliphatic heterocycles. The molecule has 18 heavy (non-hydrogen) atoms. The van der Waals surface area contributed by atoms with Crippen LogP contribution in [0.4, 0.5) is 5.69 Å². The fraction of sp³-hybridized carbons (Fsp3) is 0.214. The number of nitrogens with zero attached hydrogens (tertiary/aromatic N) is 1. The first-order valence-corrected chi connectivity index (χ1v) is 6.14. The van der Waals surface area contributed by atoms with E-state index >= 15 is 0 Å². The molecule has 94 valence electrons. The van der Waals surface area contributed by atoms with Gasteiger partial charge in [-0.05, 0) is 30.2 Å². The second-order valence-corrected chi connectivity index (χ2v) is 4.33. The van der Waals surface area contributed by atoms with E-state index in [0.29, 0.717) is 5.88 Å². The van der Waals surface area contributed by atoms with Crippen LogP contribution in [0.1, 0.15) is 5.56 Å². The Kier molecular flexibility index (Phi) is 4.42. The van der Waals surface area contributed by atoms with Gasteiger partial charge in [-0.1, -0.05) is 23.7 Å². The number of hydrogen-bond acceptors (Lipinski definition) is 3. The van der Waals surface area contributed by atoms with E-state index in [1.807, 2.05) is 36.4 Å². The smallest absolute Gasteiger partial charge is 0.214 e. The van der Waals surface area contributed by atoms with Gasteiger partial charge >= 0.3 is 0 Å². The standard InChI is InChI=1S/C14H15ClN2O/c1-18-14-10-13(7-9-17-14)16-8-6-11-2-4-12(15)5-3-11/h2-5,7,9-10H,6,8H2,1H3,(H,16,17). The highest BCUT2D eigenvalue weighted by molar-refractivity contribution is 6.30. The number of methoxy groups -OCH3 is 1. The van der Waals surface area contributed by atoms with Gasteiger partial charge in [0, 0.05) is 29.5 Å². The van der Waals surface area contributed by atoms with Gasteiger partial charge in [0.05, 0.1) is 7.11 Å². The van der Waals surface area contributed by atoms with E-state index in [4.69, 9.17) is 16.3 Å². The van der Waals surface area contributed by atoms with Crippen molar-refractivity contribution < 1.29 is 4.74 Å². The van der Waals surface area contributed by atoms with Crippen LogP contribution in [0.25, 0.3) is 0 Å². The van der Waals surface area contributed by atoms with Crippen molar-refractivity contribution in [1.29, 1.82) is 0 Å². The molecule has 0 bridgehead atoms. The number of benzene rings is 1. The number of nitrogens with one attached hydrogen (secondary N) is 1. The van der Waals surface area contributed by atoms with E-state index in [9.17, 15) is 0 Å². The van der Waals surface area contributed by atoms with E-state index in [-0.39, 0.29) is 0 Å². The molecular formula is C14H15ClN2O. The van der Waals surface area contributed by atoms with Gasteiger partial charge in [0.1, 0.15) is 0 Å². The van der Waals surface area contributed by atoms with Crippen LogP contribution in [0.2, 0.25) is 5.02 Å². The average molecular weight is 263 g/mol. The van der Waals surface area contributed by atoms with Crippen molar-refractivity contribution in [3.8, 4) is 5.88 Å². The molecule has 2 aromatic rings. The molecule has 0 fully saturated rings. The summed E-state index contributed by atoms with van der Waals surface area (Å²) >= 11 is 5.84. The Morgan fingerprint density at radius 1 is 1.22 bits per heavy atom. The predicted octanol–water partition coefficient (Wildman–Crippen LogP) is 3.40. The average Bonchev–Trinajstić information content (AvgIpc) is 2.41. The molecule has 0 radical (unpaired) electrons. The van der Waals surface area contributed by atoms with Crippen molar-refractivity contribution in [2.24, 2.45) is 0 Å². The maximum atomic E-state index is 5.84. The summed E-state index contributed by atoms with van der Waals surface area (Å²) in [6.07, 6.45) is 2.67. The van der Waals surface area contributed by atoms with E-state index in [1.54, 1.807) is 13.3 Å². The third-order valence-electron chi connectivity index (χ3n) is 2.60. The summed E-state index contributed by atoms with van der Waals surface area (Å²) in [6, 6.07) is 11.7. The first-order chi connectivity index (χ1) is 8.78.